The van der Waals surface area contributed by atoms with Crippen molar-refractivity contribution in [2.45, 2.75) is 19.1 Å². The standard InChI is InChI=1S/C17H21F3N4O2/c1-12(24-7-5-23(6-8-24)9-10-25)16-21-15(22-26-16)13-3-2-4-14(11-13)17(18,19)20/h2-4,11-12,25H,5-10H2,1H3/t12-/m1/s1. The number of piperazine rings is 1. The third-order valence-electron chi connectivity index (χ3n) is 4.62. The molecule has 0 saturated carbocycles. The molecule has 1 fully saturated rings. The summed E-state index contributed by atoms with van der Waals surface area (Å²) in [6, 6.07) is 4.77. The van der Waals surface area contributed by atoms with E-state index in [2.05, 4.69) is 19.9 Å². The molecule has 0 bridgehead atoms. The molecule has 9 heteroatoms. The molecule has 1 aliphatic rings. The third kappa shape index (κ3) is 4.22. The molecule has 0 unspecified atom stereocenters. The van der Waals surface area contributed by atoms with Crippen molar-refractivity contribution >= 4 is 0 Å². The number of benzene rings is 1. The summed E-state index contributed by atoms with van der Waals surface area (Å²) in [4.78, 5) is 8.64. The summed E-state index contributed by atoms with van der Waals surface area (Å²) in [5.41, 5.74) is -0.468. The second-order valence-corrected chi connectivity index (χ2v) is 6.31. The van der Waals surface area contributed by atoms with Gasteiger partial charge in [0.25, 0.3) is 0 Å². The number of alkyl halides is 3. The normalized spacial score (nSPS) is 18.2. The summed E-state index contributed by atoms with van der Waals surface area (Å²) in [5.74, 6) is 0.532. The molecule has 0 spiro atoms. The van der Waals surface area contributed by atoms with Gasteiger partial charge in [0, 0.05) is 38.3 Å². The van der Waals surface area contributed by atoms with Crippen molar-refractivity contribution in [3.8, 4) is 11.4 Å². The number of aliphatic hydroxyl groups is 1. The maximum Gasteiger partial charge on any atom is 0.416 e. The van der Waals surface area contributed by atoms with Gasteiger partial charge in [-0.2, -0.15) is 18.2 Å². The fraction of sp³-hybridized carbons (Fsp3) is 0.529. The van der Waals surface area contributed by atoms with Crippen LogP contribution in [0.1, 0.15) is 24.4 Å². The predicted molar refractivity (Wildman–Crippen MR) is 88.2 cm³/mol. The van der Waals surface area contributed by atoms with Crippen LogP contribution < -0.4 is 0 Å². The molecule has 2 aromatic rings. The van der Waals surface area contributed by atoms with Gasteiger partial charge in [0.05, 0.1) is 18.2 Å². The van der Waals surface area contributed by atoms with Crippen LogP contribution in [0.25, 0.3) is 11.4 Å². The van der Waals surface area contributed by atoms with Crippen molar-refractivity contribution in [3.63, 3.8) is 0 Å². The Morgan fingerprint density at radius 1 is 1.23 bits per heavy atom. The van der Waals surface area contributed by atoms with E-state index in [-0.39, 0.29) is 24.0 Å². The molecular weight excluding hydrogens is 349 g/mol. The molecule has 6 nitrogen and oxygen atoms in total. The molecule has 1 aromatic heterocycles. The van der Waals surface area contributed by atoms with Crippen molar-refractivity contribution in [2.75, 3.05) is 39.3 Å². The van der Waals surface area contributed by atoms with Crippen molar-refractivity contribution in [1.29, 1.82) is 0 Å². The number of aromatic nitrogens is 2. The molecule has 0 aliphatic carbocycles. The molecule has 3 rings (SSSR count). The minimum absolute atomic E-state index is 0.127. The monoisotopic (exact) mass is 370 g/mol. The van der Waals surface area contributed by atoms with E-state index in [1.54, 1.807) is 0 Å². The van der Waals surface area contributed by atoms with Gasteiger partial charge in [-0.3, -0.25) is 9.80 Å². The van der Waals surface area contributed by atoms with Crippen molar-refractivity contribution in [1.82, 2.24) is 19.9 Å². The van der Waals surface area contributed by atoms with Crippen LogP contribution in [-0.2, 0) is 6.18 Å². The van der Waals surface area contributed by atoms with Gasteiger partial charge in [-0.15, -0.1) is 0 Å². The minimum atomic E-state index is -4.41. The number of nitrogens with zero attached hydrogens (tertiary/aromatic N) is 4. The van der Waals surface area contributed by atoms with E-state index in [0.29, 0.717) is 12.4 Å². The zero-order chi connectivity index (χ0) is 18.7. The van der Waals surface area contributed by atoms with Crippen LogP contribution in [-0.4, -0.2) is 64.4 Å². The zero-order valence-corrected chi connectivity index (χ0v) is 14.4. The van der Waals surface area contributed by atoms with Crippen LogP contribution in [0.4, 0.5) is 13.2 Å². The first-order valence-electron chi connectivity index (χ1n) is 8.47. The number of hydrogen-bond acceptors (Lipinski definition) is 6. The summed E-state index contributed by atoms with van der Waals surface area (Å²) in [7, 11) is 0. The van der Waals surface area contributed by atoms with Crippen LogP contribution in [0.3, 0.4) is 0 Å². The Morgan fingerprint density at radius 2 is 1.96 bits per heavy atom. The van der Waals surface area contributed by atoms with Crippen LogP contribution >= 0.6 is 0 Å². The topological polar surface area (TPSA) is 65.6 Å². The predicted octanol–water partition coefficient (Wildman–Crippen LogP) is 2.43. The average Bonchev–Trinajstić information content (AvgIpc) is 3.12. The molecule has 26 heavy (non-hydrogen) atoms. The van der Waals surface area contributed by atoms with E-state index in [1.165, 1.54) is 12.1 Å². The van der Waals surface area contributed by atoms with Gasteiger partial charge >= 0.3 is 6.18 Å². The summed E-state index contributed by atoms with van der Waals surface area (Å²) in [6.07, 6.45) is -4.41. The third-order valence-corrected chi connectivity index (χ3v) is 4.62. The van der Waals surface area contributed by atoms with Gasteiger partial charge in [0.1, 0.15) is 0 Å². The summed E-state index contributed by atoms with van der Waals surface area (Å²) >= 11 is 0. The van der Waals surface area contributed by atoms with E-state index >= 15 is 0 Å². The fourth-order valence-corrected chi connectivity index (χ4v) is 3.03. The lowest BCUT2D eigenvalue weighted by molar-refractivity contribution is -0.137. The summed E-state index contributed by atoms with van der Waals surface area (Å²) < 4.78 is 43.9. The van der Waals surface area contributed by atoms with E-state index in [4.69, 9.17) is 9.63 Å². The Bertz CT molecular complexity index is 727. The number of hydrogen-bond donors (Lipinski definition) is 1. The molecule has 0 radical (unpaired) electrons. The van der Waals surface area contributed by atoms with Crippen molar-refractivity contribution in [3.05, 3.63) is 35.7 Å². The molecule has 1 atom stereocenters. The van der Waals surface area contributed by atoms with E-state index in [1.807, 2.05) is 6.92 Å². The first-order chi connectivity index (χ1) is 12.4. The molecular formula is C17H21F3N4O2. The Kier molecular flexibility index (Phi) is 5.59. The van der Waals surface area contributed by atoms with Crippen molar-refractivity contribution < 1.29 is 22.8 Å². The lowest BCUT2D eigenvalue weighted by atomic mass is 10.1. The van der Waals surface area contributed by atoms with Gasteiger partial charge in [0.15, 0.2) is 0 Å². The van der Waals surface area contributed by atoms with Crippen LogP contribution in [0.2, 0.25) is 0 Å². The highest BCUT2D eigenvalue weighted by molar-refractivity contribution is 5.55. The lowest BCUT2D eigenvalue weighted by Gasteiger charge is -2.36. The number of rotatable bonds is 5. The van der Waals surface area contributed by atoms with Gasteiger partial charge < -0.3 is 9.63 Å². The average molecular weight is 370 g/mol. The Balaban J connectivity index is 1.70. The fourth-order valence-electron chi connectivity index (χ4n) is 3.03. The molecule has 1 aliphatic heterocycles. The van der Waals surface area contributed by atoms with Crippen molar-refractivity contribution in [2.24, 2.45) is 0 Å². The van der Waals surface area contributed by atoms with Crippen LogP contribution in [0, 0.1) is 0 Å². The molecule has 0 amide bonds. The van der Waals surface area contributed by atoms with Gasteiger partial charge in [0.2, 0.25) is 11.7 Å². The number of β-amino-alcohol motifs (C(OH)–C–C–N with tert-alkyl or cyclic N) is 1. The summed E-state index contributed by atoms with van der Waals surface area (Å²) in [5, 5.41) is 12.8. The highest BCUT2D eigenvalue weighted by Crippen LogP contribution is 2.32. The maximum absolute atomic E-state index is 12.9. The number of halogens is 3. The first kappa shape index (κ1) is 18.8. The molecule has 2 heterocycles. The SMILES string of the molecule is C[C@H](c1nc(-c2cccc(C(F)(F)F)c2)no1)N1CCN(CCO)CC1. The van der Waals surface area contributed by atoms with E-state index in [9.17, 15) is 13.2 Å². The molecule has 1 saturated heterocycles. The maximum atomic E-state index is 12.9. The highest BCUT2D eigenvalue weighted by atomic mass is 19.4. The Hall–Kier alpha value is -1.97. The molecule has 1 aromatic carbocycles. The van der Waals surface area contributed by atoms with E-state index in [0.717, 1.165) is 38.3 Å². The second kappa shape index (κ2) is 7.73. The lowest BCUT2D eigenvalue weighted by Crippen LogP contribution is -2.47. The number of aliphatic hydroxyl groups excluding tert-OH is 1. The Morgan fingerprint density at radius 3 is 2.62 bits per heavy atom. The zero-order valence-electron chi connectivity index (χ0n) is 14.4. The highest BCUT2D eigenvalue weighted by Gasteiger charge is 2.31. The van der Waals surface area contributed by atoms with Gasteiger partial charge in [-0.25, -0.2) is 0 Å². The molecule has 142 valence electrons. The largest absolute Gasteiger partial charge is 0.416 e. The quantitative estimate of drug-likeness (QED) is 0.872. The van der Waals surface area contributed by atoms with E-state index < -0.39 is 11.7 Å². The summed E-state index contributed by atoms with van der Waals surface area (Å²) in [6.45, 7) is 5.98. The Labute approximate surface area is 149 Å². The minimum Gasteiger partial charge on any atom is -0.395 e. The smallest absolute Gasteiger partial charge is 0.395 e. The van der Waals surface area contributed by atoms with Gasteiger partial charge in [-0.1, -0.05) is 17.3 Å². The molecule has 1 N–H and O–H groups in total. The second-order valence-electron chi connectivity index (χ2n) is 6.31. The van der Waals surface area contributed by atoms with Crippen LogP contribution in [0.5, 0.6) is 0 Å². The van der Waals surface area contributed by atoms with Gasteiger partial charge in [-0.05, 0) is 19.1 Å². The first-order valence-corrected chi connectivity index (χ1v) is 8.47. The van der Waals surface area contributed by atoms with Crippen LogP contribution in [0.15, 0.2) is 28.8 Å².